The number of Topliss-reactive ketones (excluding diaryl/α,β-unsaturated/α-hetero) is 1. The number of guanidine groups is 1. The molecular weight excluding hydrogens is 598 g/mol. The maximum Gasteiger partial charge on any atom is 0.326 e. The molecule has 1 rings (SSSR count). The van der Waals surface area contributed by atoms with Crippen molar-refractivity contribution in [3.63, 3.8) is 0 Å². The SMILES string of the molecule is CCCCC(CC(=O)[C@@H](N)CCCN=C(N)N)C(=O)N[C@@H](CC(=O)O)C(=O)N[C@H](C(=O)N[C@@H](Cc1ccccc1)C(=O)O)C(C)C. The van der Waals surface area contributed by atoms with Crippen molar-refractivity contribution in [2.24, 2.45) is 34.0 Å². The highest BCUT2D eigenvalue weighted by atomic mass is 16.4. The van der Waals surface area contributed by atoms with Gasteiger partial charge in [-0.3, -0.25) is 29.0 Å². The van der Waals surface area contributed by atoms with Crippen molar-refractivity contribution in [1.29, 1.82) is 0 Å². The number of nitrogens with two attached hydrogens (primary N) is 3. The number of carbonyl (C=O) groups excluding carboxylic acids is 4. The van der Waals surface area contributed by atoms with Crippen LogP contribution in [0.25, 0.3) is 0 Å². The summed E-state index contributed by atoms with van der Waals surface area (Å²) in [6.07, 6.45) is 1.32. The third kappa shape index (κ3) is 15.0. The molecule has 3 amide bonds. The number of carbonyl (C=O) groups is 6. The fourth-order valence-electron chi connectivity index (χ4n) is 4.62. The molecular formula is C31H49N7O8. The van der Waals surface area contributed by atoms with Crippen LogP contribution in [0.4, 0.5) is 0 Å². The zero-order chi connectivity index (χ0) is 34.8. The summed E-state index contributed by atoms with van der Waals surface area (Å²) in [6, 6.07) is 3.69. The molecule has 15 heteroatoms. The summed E-state index contributed by atoms with van der Waals surface area (Å²) in [4.78, 5) is 80.0. The van der Waals surface area contributed by atoms with Crippen LogP contribution in [0.15, 0.2) is 35.3 Å². The van der Waals surface area contributed by atoms with E-state index in [1.807, 2.05) is 6.92 Å². The number of aliphatic carboxylic acids is 2. The number of amides is 3. The highest BCUT2D eigenvalue weighted by Gasteiger charge is 2.34. The molecule has 11 N–H and O–H groups in total. The van der Waals surface area contributed by atoms with E-state index in [2.05, 4.69) is 20.9 Å². The first kappa shape index (κ1) is 39.5. The number of rotatable bonds is 22. The van der Waals surface area contributed by atoms with Gasteiger partial charge >= 0.3 is 11.9 Å². The molecule has 0 spiro atoms. The molecule has 0 fully saturated rings. The lowest BCUT2D eigenvalue weighted by Gasteiger charge is -2.27. The third-order valence-corrected chi connectivity index (χ3v) is 7.26. The van der Waals surface area contributed by atoms with Crippen LogP contribution in [0.1, 0.15) is 71.3 Å². The van der Waals surface area contributed by atoms with E-state index in [-0.39, 0.29) is 37.6 Å². The van der Waals surface area contributed by atoms with Crippen molar-refractivity contribution in [2.75, 3.05) is 6.54 Å². The molecule has 5 atom stereocenters. The summed E-state index contributed by atoms with van der Waals surface area (Å²) in [5.74, 6) is -6.95. The van der Waals surface area contributed by atoms with Crippen LogP contribution in [0.5, 0.6) is 0 Å². The third-order valence-electron chi connectivity index (χ3n) is 7.26. The van der Waals surface area contributed by atoms with Gasteiger partial charge in [0, 0.05) is 25.3 Å². The van der Waals surface area contributed by atoms with Gasteiger partial charge in [-0.2, -0.15) is 0 Å². The van der Waals surface area contributed by atoms with Gasteiger partial charge in [0.2, 0.25) is 17.7 Å². The van der Waals surface area contributed by atoms with Gasteiger partial charge in [0.15, 0.2) is 5.96 Å². The smallest absolute Gasteiger partial charge is 0.326 e. The molecule has 0 heterocycles. The molecule has 0 saturated heterocycles. The van der Waals surface area contributed by atoms with Crippen molar-refractivity contribution >= 4 is 41.4 Å². The van der Waals surface area contributed by atoms with Crippen molar-refractivity contribution in [3.8, 4) is 0 Å². The van der Waals surface area contributed by atoms with Crippen molar-refractivity contribution in [1.82, 2.24) is 16.0 Å². The van der Waals surface area contributed by atoms with Gasteiger partial charge in [0.25, 0.3) is 0 Å². The largest absolute Gasteiger partial charge is 0.481 e. The van der Waals surface area contributed by atoms with E-state index < -0.39 is 72.1 Å². The van der Waals surface area contributed by atoms with E-state index in [0.29, 0.717) is 31.2 Å². The second kappa shape index (κ2) is 20.5. The lowest BCUT2D eigenvalue weighted by molar-refractivity contribution is -0.143. The Labute approximate surface area is 269 Å². The number of unbranched alkanes of at least 4 members (excludes halogenated alkanes) is 1. The second-order valence-electron chi connectivity index (χ2n) is 11.5. The Bertz CT molecular complexity index is 1200. The molecule has 0 bridgehead atoms. The van der Waals surface area contributed by atoms with Crippen LogP contribution < -0.4 is 33.2 Å². The minimum Gasteiger partial charge on any atom is -0.481 e. The summed E-state index contributed by atoms with van der Waals surface area (Å²) in [5.41, 5.74) is 17.3. The molecule has 0 aromatic heterocycles. The Hall–Kier alpha value is -4.53. The van der Waals surface area contributed by atoms with Crippen molar-refractivity contribution in [3.05, 3.63) is 35.9 Å². The number of carboxylic acids is 2. The second-order valence-corrected chi connectivity index (χ2v) is 11.5. The van der Waals surface area contributed by atoms with Crippen LogP contribution in [-0.4, -0.2) is 82.3 Å². The van der Waals surface area contributed by atoms with Gasteiger partial charge in [-0.1, -0.05) is 63.9 Å². The van der Waals surface area contributed by atoms with Crippen LogP contribution in [0.2, 0.25) is 0 Å². The number of nitrogens with zero attached hydrogens (tertiary/aromatic N) is 1. The molecule has 256 valence electrons. The van der Waals surface area contributed by atoms with E-state index in [9.17, 15) is 39.0 Å². The van der Waals surface area contributed by atoms with E-state index in [0.717, 1.165) is 0 Å². The highest BCUT2D eigenvalue weighted by Crippen LogP contribution is 2.17. The first-order valence-electron chi connectivity index (χ1n) is 15.4. The Morgan fingerprint density at radius 1 is 0.826 bits per heavy atom. The number of ketones is 1. The van der Waals surface area contributed by atoms with E-state index in [1.165, 1.54) is 0 Å². The average molecular weight is 648 g/mol. The molecule has 0 saturated carbocycles. The number of aliphatic imine (C=N–C) groups is 1. The maximum atomic E-state index is 13.3. The molecule has 0 aliphatic heterocycles. The molecule has 1 unspecified atom stereocenters. The van der Waals surface area contributed by atoms with Crippen LogP contribution >= 0.6 is 0 Å². The van der Waals surface area contributed by atoms with Gasteiger partial charge in [-0.05, 0) is 30.7 Å². The molecule has 1 aromatic rings. The monoisotopic (exact) mass is 647 g/mol. The summed E-state index contributed by atoms with van der Waals surface area (Å²) in [7, 11) is 0. The topological polar surface area (TPSA) is 269 Å². The van der Waals surface area contributed by atoms with E-state index in [4.69, 9.17) is 17.2 Å². The minimum absolute atomic E-state index is 0.00380. The molecule has 0 aliphatic carbocycles. The average Bonchev–Trinajstić information content (AvgIpc) is 2.98. The Balaban J connectivity index is 3.03. The highest BCUT2D eigenvalue weighted by molar-refractivity contribution is 5.96. The zero-order valence-electron chi connectivity index (χ0n) is 26.7. The van der Waals surface area contributed by atoms with Crippen molar-refractivity contribution in [2.45, 2.75) is 96.3 Å². The Morgan fingerprint density at radius 3 is 2.00 bits per heavy atom. The molecule has 46 heavy (non-hydrogen) atoms. The Morgan fingerprint density at radius 2 is 1.46 bits per heavy atom. The van der Waals surface area contributed by atoms with E-state index >= 15 is 0 Å². The summed E-state index contributed by atoms with van der Waals surface area (Å²) < 4.78 is 0. The predicted molar refractivity (Wildman–Crippen MR) is 171 cm³/mol. The lowest BCUT2D eigenvalue weighted by Crippen LogP contribution is -2.58. The first-order chi connectivity index (χ1) is 21.7. The summed E-state index contributed by atoms with van der Waals surface area (Å²) >= 11 is 0. The standard InChI is InChI=1S/C31H49N7O8/c1-4-5-12-20(16-24(39)21(32)13-9-14-35-31(33)34)27(42)36-22(17-25(40)41)28(43)38-26(18(2)3)29(44)37-23(30(45)46)15-19-10-7-6-8-11-19/h6-8,10-11,18,20-23,26H,4-5,9,12-17,32H2,1-3H3,(H,36,42)(H,37,44)(H,38,43)(H,40,41)(H,45,46)(H4,33,34,35)/t20?,21-,22-,23-,26-/m0/s1. The molecule has 15 nitrogen and oxygen atoms in total. The van der Waals surface area contributed by atoms with Crippen molar-refractivity contribution < 1.29 is 39.0 Å². The molecule has 1 aromatic carbocycles. The van der Waals surface area contributed by atoms with Gasteiger partial charge in [-0.15, -0.1) is 0 Å². The first-order valence-corrected chi connectivity index (χ1v) is 15.4. The van der Waals surface area contributed by atoms with Gasteiger partial charge < -0.3 is 43.4 Å². The van der Waals surface area contributed by atoms with Crippen LogP contribution in [0.3, 0.4) is 0 Å². The number of hydrogen-bond donors (Lipinski definition) is 8. The van der Waals surface area contributed by atoms with Gasteiger partial charge in [-0.25, -0.2) is 4.79 Å². The normalized spacial score (nSPS) is 14.2. The Kier molecular flexibility index (Phi) is 17.6. The van der Waals surface area contributed by atoms with E-state index in [1.54, 1.807) is 44.2 Å². The minimum atomic E-state index is -1.58. The van der Waals surface area contributed by atoms with Crippen LogP contribution in [-0.2, 0) is 35.2 Å². The van der Waals surface area contributed by atoms with Gasteiger partial charge in [0.1, 0.15) is 23.9 Å². The fraction of sp³-hybridized carbons (Fsp3) is 0.581. The predicted octanol–water partition coefficient (Wildman–Crippen LogP) is 0.0453. The fourth-order valence-corrected chi connectivity index (χ4v) is 4.62. The maximum absolute atomic E-state index is 13.3. The number of benzene rings is 1. The number of hydrogen-bond acceptors (Lipinski definition) is 8. The molecule has 0 aliphatic rings. The summed E-state index contributed by atoms with van der Waals surface area (Å²) in [6.45, 7) is 5.43. The number of carboxylic acid groups (broad SMARTS) is 2. The van der Waals surface area contributed by atoms with Crippen LogP contribution in [0, 0.1) is 11.8 Å². The lowest BCUT2D eigenvalue weighted by atomic mass is 9.91. The number of nitrogens with one attached hydrogen (secondary N) is 3. The van der Waals surface area contributed by atoms with Gasteiger partial charge in [0.05, 0.1) is 12.5 Å². The zero-order valence-corrected chi connectivity index (χ0v) is 26.7. The molecule has 0 radical (unpaired) electrons. The summed E-state index contributed by atoms with van der Waals surface area (Å²) in [5, 5.41) is 26.5. The quantitative estimate of drug-likeness (QED) is 0.0473.